The van der Waals surface area contributed by atoms with Gasteiger partial charge < -0.3 is 14.8 Å². The maximum absolute atomic E-state index is 13.8. The van der Waals surface area contributed by atoms with Gasteiger partial charge in [-0.25, -0.2) is 9.07 Å². The Kier molecular flexibility index (Phi) is 6.46. The van der Waals surface area contributed by atoms with Crippen molar-refractivity contribution in [3.63, 3.8) is 0 Å². The first kappa shape index (κ1) is 21.0. The van der Waals surface area contributed by atoms with Gasteiger partial charge in [-0.05, 0) is 37.3 Å². The molecule has 0 spiro atoms. The summed E-state index contributed by atoms with van der Waals surface area (Å²) in [6, 6.07) is 13.6. The van der Waals surface area contributed by atoms with Gasteiger partial charge in [0.15, 0.2) is 5.75 Å². The van der Waals surface area contributed by atoms with Crippen molar-refractivity contribution in [2.24, 2.45) is 0 Å². The fourth-order valence-corrected chi connectivity index (χ4v) is 2.92. The zero-order valence-electron chi connectivity index (χ0n) is 16.9. The van der Waals surface area contributed by atoms with Crippen LogP contribution in [0.5, 0.6) is 11.5 Å². The van der Waals surface area contributed by atoms with E-state index in [-0.39, 0.29) is 6.54 Å². The third kappa shape index (κ3) is 4.48. The maximum atomic E-state index is 13.8. The molecule has 1 aromatic heterocycles. The van der Waals surface area contributed by atoms with Crippen LogP contribution >= 0.6 is 0 Å². The monoisotopic (exact) mass is 411 g/mol. The summed E-state index contributed by atoms with van der Waals surface area (Å²) in [7, 11) is 3.01. The van der Waals surface area contributed by atoms with E-state index in [0.717, 1.165) is 4.68 Å². The maximum Gasteiger partial charge on any atom is 0.271 e. The van der Waals surface area contributed by atoms with Crippen LogP contribution in [0.1, 0.15) is 18.5 Å². The molecule has 1 N–H and O–H groups in total. The minimum atomic E-state index is -0.910. The highest BCUT2D eigenvalue weighted by molar-refractivity contribution is 5.79. The Morgan fingerprint density at radius 1 is 1.13 bits per heavy atom. The van der Waals surface area contributed by atoms with E-state index in [1.807, 2.05) is 0 Å². The van der Waals surface area contributed by atoms with E-state index in [1.54, 1.807) is 56.5 Å². The minimum absolute atomic E-state index is 0.00604. The number of hydrogen-bond donors (Lipinski definition) is 1. The number of halogens is 1. The van der Waals surface area contributed by atoms with Crippen molar-refractivity contribution in [3.05, 3.63) is 76.3 Å². The first-order valence-corrected chi connectivity index (χ1v) is 9.28. The highest BCUT2D eigenvalue weighted by atomic mass is 19.1. The van der Waals surface area contributed by atoms with Crippen molar-refractivity contribution in [1.29, 1.82) is 0 Å². The molecule has 0 aliphatic rings. The SMILES string of the molecule is COc1ccc(-c2nn([C@H](C)C(=O)NCc3ccccc3F)c(=O)cc2OC)cc1. The van der Waals surface area contributed by atoms with Crippen LogP contribution in [0.25, 0.3) is 11.3 Å². The molecule has 0 aliphatic carbocycles. The average Bonchev–Trinajstić information content (AvgIpc) is 2.77. The van der Waals surface area contributed by atoms with E-state index in [0.29, 0.717) is 28.3 Å². The van der Waals surface area contributed by atoms with E-state index >= 15 is 0 Å². The fourth-order valence-electron chi connectivity index (χ4n) is 2.92. The highest BCUT2D eigenvalue weighted by Crippen LogP contribution is 2.28. The number of nitrogens with zero attached hydrogens (tertiary/aromatic N) is 2. The van der Waals surface area contributed by atoms with E-state index in [2.05, 4.69) is 10.4 Å². The molecule has 1 atom stereocenters. The lowest BCUT2D eigenvalue weighted by Gasteiger charge is -2.17. The lowest BCUT2D eigenvalue weighted by Crippen LogP contribution is -2.37. The standard InChI is InChI=1S/C22H22FN3O4/c1-14(22(28)24-13-16-6-4-5-7-18(16)23)26-20(27)12-19(30-3)21(25-26)15-8-10-17(29-2)11-9-15/h4-12,14H,13H2,1-3H3,(H,24,28)/t14-/m1/s1. The van der Waals surface area contributed by atoms with Gasteiger partial charge in [-0.2, -0.15) is 5.10 Å². The van der Waals surface area contributed by atoms with Gasteiger partial charge >= 0.3 is 0 Å². The normalized spacial score (nSPS) is 11.6. The molecule has 0 unspecified atom stereocenters. The Balaban J connectivity index is 1.87. The molecule has 1 heterocycles. The quantitative estimate of drug-likeness (QED) is 0.646. The Hall–Kier alpha value is -3.68. The summed E-state index contributed by atoms with van der Waals surface area (Å²) in [6.07, 6.45) is 0. The van der Waals surface area contributed by atoms with Gasteiger partial charge in [0.1, 0.15) is 23.3 Å². The number of rotatable bonds is 7. The summed E-state index contributed by atoms with van der Waals surface area (Å²) in [4.78, 5) is 25.1. The summed E-state index contributed by atoms with van der Waals surface area (Å²) in [5.74, 6) is 0.0954. The molecular weight excluding hydrogens is 389 g/mol. The molecule has 156 valence electrons. The molecule has 0 saturated carbocycles. The zero-order valence-corrected chi connectivity index (χ0v) is 16.9. The van der Waals surface area contributed by atoms with Crippen molar-refractivity contribution < 1.29 is 18.7 Å². The number of carbonyl (C=O) groups is 1. The molecule has 0 bridgehead atoms. The van der Waals surface area contributed by atoms with Gasteiger partial charge in [0.05, 0.1) is 14.2 Å². The smallest absolute Gasteiger partial charge is 0.271 e. The Morgan fingerprint density at radius 3 is 2.47 bits per heavy atom. The van der Waals surface area contributed by atoms with Crippen LogP contribution in [0.2, 0.25) is 0 Å². The number of aromatic nitrogens is 2. The van der Waals surface area contributed by atoms with Crippen LogP contribution in [-0.2, 0) is 11.3 Å². The predicted octanol–water partition coefficient (Wildman–Crippen LogP) is 2.94. The van der Waals surface area contributed by atoms with Crippen molar-refractivity contribution >= 4 is 5.91 Å². The number of nitrogens with one attached hydrogen (secondary N) is 1. The summed E-state index contributed by atoms with van der Waals surface area (Å²) in [6.45, 7) is 1.56. The van der Waals surface area contributed by atoms with Crippen molar-refractivity contribution in [1.82, 2.24) is 15.1 Å². The van der Waals surface area contributed by atoms with Gasteiger partial charge in [0.2, 0.25) is 5.91 Å². The van der Waals surface area contributed by atoms with Crippen molar-refractivity contribution in [3.8, 4) is 22.8 Å². The van der Waals surface area contributed by atoms with Crippen LogP contribution in [0, 0.1) is 5.82 Å². The van der Waals surface area contributed by atoms with Crippen LogP contribution in [-0.4, -0.2) is 29.9 Å². The Labute approximate surface area is 173 Å². The lowest BCUT2D eigenvalue weighted by molar-refractivity contribution is -0.124. The summed E-state index contributed by atoms with van der Waals surface area (Å²) >= 11 is 0. The van der Waals surface area contributed by atoms with E-state index in [4.69, 9.17) is 9.47 Å². The Morgan fingerprint density at radius 2 is 1.83 bits per heavy atom. The van der Waals surface area contributed by atoms with E-state index < -0.39 is 23.3 Å². The second kappa shape index (κ2) is 9.21. The van der Waals surface area contributed by atoms with Gasteiger partial charge in [-0.1, -0.05) is 18.2 Å². The van der Waals surface area contributed by atoms with E-state index in [1.165, 1.54) is 19.2 Å². The largest absolute Gasteiger partial charge is 0.497 e. The third-order valence-corrected chi connectivity index (χ3v) is 4.66. The van der Waals surface area contributed by atoms with Crippen LogP contribution in [0.3, 0.4) is 0 Å². The van der Waals surface area contributed by atoms with Crippen molar-refractivity contribution in [2.75, 3.05) is 14.2 Å². The molecule has 30 heavy (non-hydrogen) atoms. The number of amides is 1. The molecule has 8 heteroatoms. The second-order valence-electron chi connectivity index (χ2n) is 6.56. The molecule has 7 nitrogen and oxygen atoms in total. The third-order valence-electron chi connectivity index (χ3n) is 4.66. The van der Waals surface area contributed by atoms with Crippen molar-refractivity contribution in [2.45, 2.75) is 19.5 Å². The van der Waals surface area contributed by atoms with Gasteiger partial charge in [0, 0.05) is 23.7 Å². The molecule has 2 aromatic carbocycles. The first-order chi connectivity index (χ1) is 14.4. The number of benzene rings is 2. The zero-order chi connectivity index (χ0) is 21.7. The predicted molar refractivity (Wildman–Crippen MR) is 110 cm³/mol. The van der Waals surface area contributed by atoms with Crippen LogP contribution in [0.15, 0.2) is 59.4 Å². The number of carbonyl (C=O) groups excluding carboxylic acids is 1. The van der Waals surface area contributed by atoms with Gasteiger partial charge in [-0.15, -0.1) is 0 Å². The molecule has 3 rings (SSSR count). The molecule has 0 radical (unpaired) electrons. The van der Waals surface area contributed by atoms with Gasteiger partial charge in [-0.3, -0.25) is 9.59 Å². The molecule has 0 fully saturated rings. The molecule has 3 aromatic rings. The Bertz CT molecular complexity index is 1100. The summed E-state index contributed by atoms with van der Waals surface area (Å²) in [5.41, 5.74) is 0.971. The van der Waals surface area contributed by atoms with Crippen LogP contribution in [0.4, 0.5) is 4.39 Å². The highest BCUT2D eigenvalue weighted by Gasteiger charge is 2.20. The molecular formula is C22H22FN3O4. The van der Waals surface area contributed by atoms with Gasteiger partial charge in [0.25, 0.3) is 5.56 Å². The number of methoxy groups -OCH3 is 2. The second-order valence-corrected chi connectivity index (χ2v) is 6.56. The number of ether oxygens (including phenoxy) is 2. The molecule has 0 aliphatic heterocycles. The van der Waals surface area contributed by atoms with Crippen LogP contribution < -0.4 is 20.3 Å². The first-order valence-electron chi connectivity index (χ1n) is 9.28. The van der Waals surface area contributed by atoms with E-state index in [9.17, 15) is 14.0 Å². The minimum Gasteiger partial charge on any atom is -0.497 e. The molecule has 1 amide bonds. The fraction of sp³-hybridized carbons (Fsp3) is 0.227. The lowest BCUT2D eigenvalue weighted by atomic mass is 10.1. The summed E-state index contributed by atoms with van der Waals surface area (Å²) in [5, 5.41) is 7.01. The average molecular weight is 411 g/mol. The number of hydrogen-bond acceptors (Lipinski definition) is 5. The summed E-state index contributed by atoms with van der Waals surface area (Å²) < 4.78 is 25.3. The molecule has 0 saturated heterocycles. The topological polar surface area (TPSA) is 82.5 Å².